The first-order chi connectivity index (χ1) is 15.0. The van der Waals surface area contributed by atoms with Gasteiger partial charge in [-0.1, -0.05) is 23.4 Å². The Bertz CT molecular complexity index is 1160. The normalized spacial score (nSPS) is 11.8. The summed E-state index contributed by atoms with van der Waals surface area (Å²) < 4.78 is 40.5. The standard InChI is InChI=1S/C18H18ClF3N8OS/c1-9-12(10(2)30(3)29-9)7-23-26-16-25-17(28-27-16)32-8-15(31)24-11-4-5-14(19)13(6-11)18(20,21)22/h4-7H,8H2,1-3H3,(H,24,31)(H2,25,26,27,28)/b23-7+. The van der Waals surface area contributed by atoms with E-state index < -0.39 is 22.7 Å². The lowest BCUT2D eigenvalue weighted by Crippen LogP contribution is -2.15. The topological polar surface area (TPSA) is 113 Å². The van der Waals surface area contributed by atoms with Crippen LogP contribution in [0.5, 0.6) is 0 Å². The SMILES string of the molecule is Cc1nn(C)c(C)c1/C=N/Nc1nc(SCC(=O)Nc2ccc(Cl)c(C(F)(F)F)c2)n[nH]1. The summed E-state index contributed by atoms with van der Waals surface area (Å²) in [5, 5.41) is 17.2. The van der Waals surface area contributed by atoms with E-state index in [1.807, 2.05) is 20.9 Å². The van der Waals surface area contributed by atoms with Gasteiger partial charge < -0.3 is 5.32 Å². The summed E-state index contributed by atoms with van der Waals surface area (Å²) >= 11 is 6.57. The van der Waals surface area contributed by atoms with Gasteiger partial charge in [-0.25, -0.2) is 10.5 Å². The van der Waals surface area contributed by atoms with Crippen LogP contribution in [0.4, 0.5) is 24.8 Å². The van der Waals surface area contributed by atoms with Crippen molar-refractivity contribution in [2.45, 2.75) is 25.2 Å². The van der Waals surface area contributed by atoms with Crippen LogP contribution in [0.15, 0.2) is 28.5 Å². The molecule has 0 spiro atoms. The maximum absolute atomic E-state index is 12.9. The first-order valence-electron chi connectivity index (χ1n) is 9.05. The molecule has 0 aliphatic carbocycles. The molecule has 3 aromatic rings. The summed E-state index contributed by atoms with van der Waals surface area (Å²) in [6.07, 6.45) is -3.01. The molecule has 1 amide bonds. The number of alkyl halides is 3. The highest BCUT2D eigenvalue weighted by atomic mass is 35.5. The van der Waals surface area contributed by atoms with E-state index in [1.54, 1.807) is 10.9 Å². The number of nitrogens with zero attached hydrogens (tertiary/aromatic N) is 5. The molecule has 3 N–H and O–H groups in total. The van der Waals surface area contributed by atoms with Gasteiger partial charge in [-0.05, 0) is 32.0 Å². The van der Waals surface area contributed by atoms with E-state index in [-0.39, 0.29) is 22.5 Å². The van der Waals surface area contributed by atoms with E-state index >= 15 is 0 Å². The lowest BCUT2D eigenvalue weighted by molar-refractivity contribution is -0.137. The van der Waals surface area contributed by atoms with Gasteiger partial charge in [0.15, 0.2) is 0 Å². The van der Waals surface area contributed by atoms with Crippen molar-refractivity contribution in [3.05, 3.63) is 45.7 Å². The van der Waals surface area contributed by atoms with Crippen LogP contribution in [0.2, 0.25) is 5.02 Å². The van der Waals surface area contributed by atoms with Gasteiger partial charge in [-0.2, -0.15) is 28.4 Å². The summed E-state index contributed by atoms with van der Waals surface area (Å²) in [5.74, 6) is -0.375. The molecule has 14 heteroatoms. The number of hydrazone groups is 1. The minimum Gasteiger partial charge on any atom is -0.325 e. The molecule has 2 heterocycles. The number of carbonyl (C=O) groups excluding carboxylic acids is 1. The Kier molecular flexibility index (Phi) is 7.09. The quantitative estimate of drug-likeness (QED) is 0.264. The van der Waals surface area contributed by atoms with E-state index in [9.17, 15) is 18.0 Å². The maximum atomic E-state index is 12.9. The third kappa shape index (κ3) is 5.79. The van der Waals surface area contributed by atoms with E-state index in [0.29, 0.717) is 0 Å². The Balaban J connectivity index is 1.53. The number of carbonyl (C=O) groups is 1. The lowest BCUT2D eigenvalue weighted by Gasteiger charge is -2.11. The monoisotopic (exact) mass is 486 g/mol. The van der Waals surface area contributed by atoms with E-state index in [2.05, 4.69) is 36.1 Å². The molecular weight excluding hydrogens is 469 g/mol. The molecule has 32 heavy (non-hydrogen) atoms. The number of aromatic nitrogens is 5. The van der Waals surface area contributed by atoms with Gasteiger partial charge >= 0.3 is 6.18 Å². The van der Waals surface area contributed by atoms with Crippen LogP contribution in [0.25, 0.3) is 0 Å². The van der Waals surface area contributed by atoms with Gasteiger partial charge in [-0.15, -0.1) is 5.10 Å². The minimum absolute atomic E-state index is 0.0139. The van der Waals surface area contributed by atoms with Crippen LogP contribution in [0.1, 0.15) is 22.5 Å². The molecule has 0 aliphatic heterocycles. The lowest BCUT2D eigenvalue weighted by atomic mass is 10.2. The first kappa shape index (κ1) is 23.6. The van der Waals surface area contributed by atoms with Crippen molar-refractivity contribution < 1.29 is 18.0 Å². The molecule has 9 nitrogen and oxygen atoms in total. The van der Waals surface area contributed by atoms with Crippen molar-refractivity contribution >= 4 is 47.1 Å². The average Bonchev–Trinajstić information content (AvgIpc) is 3.26. The molecule has 0 bridgehead atoms. The Morgan fingerprint density at radius 1 is 1.38 bits per heavy atom. The molecule has 0 radical (unpaired) electrons. The number of halogens is 4. The number of nitrogens with one attached hydrogen (secondary N) is 3. The molecule has 0 fully saturated rings. The van der Waals surface area contributed by atoms with Crippen LogP contribution in [0, 0.1) is 13.8 Å². The van der Waals surface area contributed by atoms with E-state index in [0.717, 1.165) is 40.8 Å². The fourth-order valence-corrected chi connectivity index (χ4v) is 3.47. The van der Waals surface area contributed by atoms with Gasteiger partial charge in [0.25, 0.3) is 0 Å². The number of thioether (sulfide) groups is 1. The van der Waals surface area contributed by atoms with Gasteiger partial charge in [0, 0.05) is 24.0 Å². The summed E-state index contributed by atoms with van der Waals surface area (Å²) in [7, 11) is 1.84. The predicted octanol–water partition coefficient (Wildman–Crippen LogP) is 4.00. The zero-order chi connectivity index (χ0) is 23.5. The van der Waals surface area contributed by atoms with Gasteiger partial charge in [0.2, 0.25) is 17.0 Å². The molecule has 0 atom stereocenters. The average molecular weight is 487 g/mol. The number of hydrogen-bond donors (Lipinski definition) is 3. The Labute approximate surface area is 189 Å². The molecule has 3 rings (SSSR count). The first-order valence-corrected chi connectivity index (χ1v) is 10.4. The largest absolute Gasteiger partial charge is 0.417 e. The van der Waals surface area contributed by atoms with E-state index in [4.69, 9.17) is 11.6 Å². The van der Waals surface area contributed by atoms with Crippen LogP contribution >= 0.6 is 23.4 Å². The number of aromatic amines is 1. The summed E-state index contributed by atoms with van der Waals surface area (Å²) in [5.41, 5.74) is 4.33. The molecule has 0 saturated carbocycles. The molecular formula is C18H18ClF3N8OS. The van der Waals surface area contributed by atoms with Crippen LogP contribution < -0.4 is 10.7 Å². The predicted molar refractivity (Wildman–Crippen MR) is 116 cm³/mol. The number of anilines is 2. The summed E-state index contributed by atoms with van der Waals surface area (Å²) in [6, 6.07) is 3.15. The Morgan fingerprint density at radius 2 is 2.12 bits per heavy atom. The molecule has 1 aromatic carbocycles. The van der Waals surface area contributed by atoms with Gasteiger partial charge in [0.1, 0.15) is 0 Å². The highest BCUT2D eigenvalue weighted by Crippen LogP contribution is 2.36. The van der Waals surface area contributed by atoms with Crippen molar-refractivity contribution in [2.24, 2.45) is 12.1 Å². The third-order valence-electron chi connectivity index (χ3n) is 4.28. The zero-order valence-electron chi connectivity index (χ0n) is 17.1. The Hall–Kier alpha value is -3.06. The summed E-state index contributed by atoms with van der Waals surface area (Å²) in [4.78, 5) is 16.2. The van der Waals surface area contributed by atoms with Crippen LogP contribution in [-0.2, 0) is 18.0 Å². The van der Waals surface area contributed by atoms with Crippen molar-refractivity contribution in [1.82, 2.24) is 25.0 Å². The highest BCUT2D eigenvalue weighted by molar-refractivity contribution is 7.99. The minimum atomic E-state index is -4.62. The van der Waals surface area contributed by atoms with E-state index in [1.165, 1.54) is 6.07 Å². The smallest absolute Gasteiger partial charge is 0.325 e. The van der Waals surface area contributed by atoms with Crippen LogP contribution in [0.3, 0.4) is 0 Å². The second-order valence-corrected chi connectivity index (χ2v) is 7.92. The number of amides is 1. The van der Waals surface area contributed by atoms with Crippen molar-refractivity contribution in [2.75, 3.05) is 16.5 Å². The fourth-order valence-electron chi connectivity index (χ4n) is 2.64. The van der Waals surface area contributed by atoms with Gasteiger partial charge in [-0.3, -0.25) is 9.48 Å². The van der Waals surface area contributed by atoms with Crippen molar-refractivity contribution in [3.8, 4) is 0 Å². The van der Waals surface area contributed by atoms with Gasteiger partial charge in [0.05, 0.1) is 28.2 Å². The maximum Gasteiger partial charge on any atom is 0.417 e. The van der Waals surface area contributed by atoms with Crippen molar-refractivity contribution in [1.29, 1.82) is 0 Å². The number of rotatable bonds is 7. The third-order valence-corrected chi connectivity index (χ3v) is 5.46. The molecule has 0 unspecified atom stereocenters. The Morgan fingerprint density at radius 3 is 2.78 bits per heavy atom. The number of H-pyrrole nitrogens is 1. The van der Waals surface area contributed by atoms with Crippen LogP contribution in [-0.4, -0.2) is 42.8 Å². The molecule has 170 valence electrons. The number of hydrogen-bond acceptors (Lipinski definition) is 7. The second-order valence-electron chi connectivity index (χ2n) is 6.57. The molecule has 0 saturated heterocycles. The number of benzene rings is 1. The molecule has 0 aliphatic rings. The second kappa shape index (κ2) is 9.61. The fraction of sp³-hybridized carbons (Fsp3) is 0.278. The highest BCUT2D eigenvalue weighted by Gasteiger charge is 2.33. The zero-order valence-corrected chi connectivity index (χ0v) is 18.7. The number of aryl methyl sites for hydroxylation is 2. The van der Waals surface area contributed by atoms with Crippen molar-refractivity contribution in [3.63, 3.8) is 0 Å². The molecule has 2 aromatic heterocycles. The summed E-state index contributed by atoms with van der Waals surface area (Å²) in [6.45, 7) is 3.79.